The summed E-state index contributed by atoms with van der Waals surface area (Å²) in [5.74, 6) is 0. The first-order valence-corrected chi connectivity index (χ1v) is 6.08. The fourth-order valence-corrected chi connectivity index (χ4v) is 2.49. The fourth-order valence-electron chi connectivity index (χ4n) is 2.49. The minimum Gasteiger partial charge on any atom is -0.341 e. The van der Waals surface area contributed by atoms with E-state index in [1.54, 1.807) is 0 Å². The van der Waals surface area contributed by atoms with E-state index in [1.165, 1.54) is 21.8 Å². The second-order valence-electron chi connectivity index (χ2n) is 4.33. The molecule has 0 aliphatic carbocycles. The summed E-state index contributed by atoms with van der Waals surface area (Å²) in [6, 6.07) is 17.1. The van der Waals surface area contributed by atoms with Crippen molar-refractivity contribution >= 4 is 29.7 Å². The van der Waals surface area contributed by atoms with E-state index in [1.807, 2.05) is 0 Å². The van der Waals surface area contributed by atoms with Gasteiger partial charge in [0.2, 0.25) is 0 Å². The summed E-state index contributed by atoms with van der Waals surface area (Å²) in [5, 5.41) is 2.67. The Balaban J connectivity index is 2.33. The lowest BCUT2D eigenvalue weighted by atomic mass is 10.0. The molecule has 0 amide bonds. The highest BCUT2D eigenvalue weighted by Crippen LogP contribution is 2.28. The molecule has 0 saturated heterocycles. The third-order valence-corrected chi connectivity index (χ3v) is 3.27. The Kier molecular flexibility index (Phi) is 2.64. The fraction of sp³-hybridized carbons (Fsp3) is 0.200. The number of nitrogens with zero attached hydrogens (tertiary/aromatic N) is 1. The van der Waals surface area contributed by atoms with Gasteiger partial charge in [-0.2, -0.15) is 0 Å². The van der Waals surface area contributed by atoms with Crippen LogP contribution in [0.3, 0.4) is 0 Å². The summed E-state index contributed by atoms with van der Waals surface area (Å²) in [6.45, 7) is 0.991. The van der Waals surface area contributed by atoms with Crippen molar-refractivity contribution in [1.29, 1.82) is 0 Å². The Morgan fingerprint density at radius 2 is 1.35 bits per heavy atom. The van der Waals surface area contributed by atoms with E-state index >= 15 is 0 Å². The minimum atomic E-state index is 0.737. The molecule has 0 aliphatic rings. The lowest BCUT2D eigenvalue weighted by Gasteiger charge is -2.05. The van der Waals surface area contributed by atoms with Gasteiger partial charge in [0.25, 0.3) is 0 Å². The van der Waals surface area contributed by atoms with E-state index in [2.05, 4.69) is 53.1 Å². The van der Waals surface area contributed by atoms with Crippen molar-refractivity contribution < 1.29 is 0 Å². The number of hydrogen-bond acceptors (Lipinski definition) is 0. The van der Waals surface area contributed by atoms with E-state index in [0.29, 0.717) is 0 Å². The van der Waals surface area contributed by atoms with E-state index in [0.717, 1.165) is 19.3 Å². The molecule has 17 heavy (non-hydrogen) atoms. The van der Waals surface area contributed by atoms with Gasteiger partial charge in [-0.05, 0) is 18.6 Å². The Morgan fingerprint density at radius 1 is 0.824 bits per heavy atom. The van der Waals surface area contributed by atoms with Crippen LogP contribution in [0, 0.1) is 0 Å². The van der Waals surface area contributed by atoms with Crippen molar-refractivity contribution in [3.05, 3.63) is 48.5 Å². The smallest absolute Gasteiger partial charge is 0.0653 e. The number of aromatic nitrogens is 1. The first-order valence-electron chi connectivity index (χ1n) is 6.08. The summed E-state index contributed by atoms with van der Waals surface area (Å²) >= 11 is 0. The van der Waals surface area contributed by atoms with E-state index < -0.39 is 0 Å². The molecule has 1 nitrogen and oxygen atoms in total. The molecule has 82 valence electrons. The summed E-state index contributed by atoms with van der Waals surface area (Å²) in [4.78, 5) is 0. The number of fused-ring (bicyclic) bond motifs is 3. The van der Waals surface area contributed by atoms with Crippen molar-refractivity contribution in [1.82, 2.24) is 4.57 Å². The number of para-hydroxylation sites is 2. The minimum absolute atomic E-state index is 0.737. The van der Waals surface area contributed by atoms with Crippen molar-refractivity contribution in [2.45, 2.75) is 19.3 Å². The van der Waals surface area contributed by atoms with Gasteiger partial charge in [-0.25, -0.2) is 0 Å². The third kappa shape index (κ3) is 1.64. The molecule has 3 rings (SSSR count). The molecular weight excluding hydrogens is 205 g/mol. The van der Waals surface area contributed by atoms with Gasteiger partial charge < -0.3 is 4.57 Å². The molecule has 0 fully saturated rings. The molecule has 0 unspecified atom stereocenters. The second kappa shape index (κ2) is 4.29. The van der Waals surface area contributed by atoms with Crippen LogP contribution >= 0.6 is 0 Å². The molecule has 0 atom stereocenters. The molecule has 3 aromatic rings. The van der Waals surface area contributed by atoms with Crippen LogP contribution in [0.15, 0.2) is 48.5 Å². The van der Waals surface area contributed by atoms with Gasteiger partial charge in [0.05, 0.1) is 7.85 Å². The quantitative estimate of drug-likeness (QED) is 0.591. The predicted molar refractivity (Wildman–Crippen MR) is 74.6 cm³/mol. The molecular formula is C15H14BN. The van der Waals surface area contributed by atoms with Crippen molar-refractivity contribution in [3.63, 3.8) is 0 Å². The standard InChI is InChI=1S/C15H14BN/c16-10-5-11-17-14-8-3-1-6-12(14)13-7-2-4-9-15(13)17/h1-4,6-9H,5,10-11H2. The van der Waals surface area contributed by atoms with Crippen LogP contribution in [0.4, 0.5) is 0 Å². The zero-order chi connectivity index (χ0) is 11.7. The molecule has 1 heterocycles. The molecule has 2 heteroatoms. The van der Waals surface area contributed by atoms with Gasteiger partial charge in [0, 0.05) is 28.4 Å². The predicted octanol–water partition coefficient (Wildman–Crippen LogP) is 3.77. The Bertz CT molecular complexity index is 601. The highest BCUT2D eigenvalue weighted by Gasteiger charge is 2.08. The maximum Gasteiger partial charge on any atom is 0.0653 e. The number of hydrogen-bond donors (Lipinski definition) is 0. The molecule has 2 aromatic carbocycles. The van der Waals surface area contributed by atoms with Crippen LogP contribution < -0.4 is 0 Å². The van der Waals surface area contributed by atoms with E-state index in [-0.39, 0.29) is 0 Å². The molecule has 0 spiro atoms. The molecule has 0 bridgehead atoms. The van der Waals surface area contributed by atoms with Crippen LogP contribution in [-0.2, 0) is 6.54 Å². The first kappa shape index (κ1) is 10.5. The highest BCUT2D eigenvalue weighted by atomic mass is 15.0. The van der Waals surface area contributed by atoms with Crippen molar-refractivity contribution in [3.8, 4) is 0 Å². The summed E-state index contributed by atoms with van der Waals surface area (Å²) < 4.78 is 2.37. The van der Waals surface area contributed by atoms with Gasteiger partial charge in [0.1, 0.15) is 0 Å². The number of rotatable bonds is 3. The van der Waals surface area contributed by atoms with Crippen LogP contribution in [0.5, 0.6) is 0 Å². The summed E-state index contributed by atoms with van der Waals surface area (Å²) in [7, 11) is 5.62. The van der Waals surface area contributed by atoms with Crippen LogP contribution in [0.25, 0.3) is 21.8 Å². The lowest BCUT2D eigenvalue weighted by molar-refractivity contribution is 0.723. The number of aryl methyl sites for hydroxylation is 1. The largest absolute Gasteiger partial charge is 0.341 e. The second-order valence-corrected chi connectivity index (χ2v) is 4.33. The molecule has 1 aromatic heterocycles. The zero-order valence-corrected chi connectivity index (χ0v) is 9.76. The monoisotopic (exact) mass is 219 g/mol. The molecule has 2 radical (unpaired) electrons. The molecule has 0 saturated carbocycles. The van der Waals surface area contributed by atoms with Gasteiger partial charge in [-0.1, -0.05) is 42.7 Å². The first-order chi connectivity index (χ1) is 8.42. The van der Waals surface area contributed by atoms with Crippen LogP contribution in [-0.4, -0.2) is 12.4 Å². The summed E-state index contributed by atoms with van der Waals surface area (Å²) in [6.07, 6.45) is 1.75. The molecule has 0 aliphatic heterocycles. The maximum atomic E-state index is 5.62. The lowest BCUT2D eigenvalue weighted by Crippen LogP contribution is -1.96. The average molecular weight is 219 g/mol. The Hall–Kier alpha value is -1.70. The van der Waals surface area contributed by atoms with E-state index in [9.17, 15) is 0 Å². The van der Waals surface area contributed by atoms with Crippen molar-refractivity contribution in [2.24, 2.45) is 0 Å². The van der Waals surface area contributed by atoms with Gasteiger partial charge >= 0.3 is 0 Å². The highest BCUT2D eigenvalue weighted by molar-refractivity contribution is 6.09. The third-order valence-electron chi connectivity index (χ3n) is 3.27. The normalized spacial score (nSPS) is 11.3. The maximum absolute atomic E-state index is 5.62. The van der Waals surface area contributed by atoms with Gasteiger partial charge in [0.15, 0.2) is 0 Å². The number of benzene rings is 2. The van der Waals surface area contributed by atoms with E-state index in [4.69, 9.17) is 7.85 Å². The zero-order valence-electron chi connectivity index (χ0n) is 9.76. The Morgan fingerprint density at radius 3 is 1.88 bits per heavy atom. The average Bonchev–Trinajstić information content (AvgIpc) is 2.71. The SMILES string of the molecule is [B]CCCn1c2ccccc2c2ccccc21. The summed E-state index contributed by atoms with van der Waals surface area (Å²) in [5.41, 5.74) is 2.62. The van der Waals surface area contributed by atoms with Crippen LogP contribution in [0.1, 0.15) is 6.42 Å². The van der Waals surface area contributed by atoms with Crippen molar-refractivity contribution in [2.75, 3.05) is 0 Å². The molecule has 0 N–H and O–H groups in total. The van der Waals surface area contributed by atoms with Gasteiger partial charge in [-0.15, -0.1) is 0 Å². The van der Waals surface area contributed by atoms with Crippen LogP contribution in [0.2, 0.25) is 6.32 Å². The van der Waals surface area contributed by atoms with Gasteiger partial charge in [-0.3, -0.25) is 0 Å². The topological polar surface area (TPSA) is 4.93 Å². The Labute approximate surface area is 102 Å².